The molecular formula is C79H141N3O31. The molecule has 0 radical (unpaired) electrons. The van der Waals surface area contributed by atoms with Crippen molar-refractivity contribution < 1.29 is 153 Å². The fourth-order valence-corrected chi connectivity index (χ4v) is 15.0. The van der Waals surface area contributed by atoms with Crippen LogP contribution in [-0.2, 0) is 66.5 Å². The highest BCUT2D eigenvalue weighted by Crippen LogP contribution is 2.38. The van der Waals surface area contributed by atoms with Gasteiger partial charge in [-0.25, -0.2) is 4.79 Å². The lowest BCUT2D eigenvalue weighted by Gasteiger charge is -2.50. The first kappa shape index (κ1) is 99.9. The molecule has 5 fully saturated rings. The minimum Gasteiger partial charge on any atom is -0.477 e. The van der Waals surface area contributed by atoms with Crippen molar-refractivity contribution in [2.24, 2.45) is 0 Å². The number of nitrogens with one attached hydrogen (secondary N) is 3. The van der Waals surface area contributed by atoms with Crippen molar-refractivity contribution in [1.82, 2.24) is 16.0 Å². The SMILES string of the molecule is CCCCCCCC/C=C\CCCCCCCCCCCCCC(=O)N[C@@H](CO[C@@H]1OC(CO)[C@@H](O[C@@H]2OC(CO)[C@H](O)[C@H](O[C@@H]3OC(CO)[C@@H](O)[C@H](O[C@@H]4OC(CO[C@]5(C(=O)O)CC(O)[C@@H](NC(C)=O)C([C@H](O)[C@H](O)CO)O5)[C@H](O)[C@H](O)C4O)C3NC(C)=O)C2O)[C@H](O)C1O)[C@H](O)/C=C/CCCCCCCCCCCCC. The number of aliphatic hydroxyl groups excluding tert-OH is 16. The smallest absolute Gasteiger partial charge is 0.364 e. The first-order valence-corrected chi connectivity index (χ1v) is 41.7. The summed E-state index contributed by atoms with van der Waals surface area (Å²) in [5, 5.41) is 196. The number of carbonyl (C=O) groups is 4. The monoisotopic (exact) mass is 1630 g/mol. The van der Waals surface area contributed by atoms with E-state index in [2.05, 4.69) is 41.9 Å². The second-order valence-corrected chi connectivity index (χ2v) is 31.1. The molecule has 20 N–H and O–H groups in total. The maximum absolute atomic E-state index is 13.6. The van der Waals surface area contributed by atoms with Crippen molar-refractivity contribution in [3.05, 3.63) is 24.3 Å². The van der Waals surface area contributed by atoms with Gasteiger partial charge in [0, 0.05) is 26.7 Å². The third-order valence-electron chi connectivity index (χ3n) is 21.7. The van der Waals surface area contributed by atoms with Gasteiger partial charge in [0.1, 0.15) is 116 Å². The van der Waals surface area contributed by atoms with Crippen LogP contribution in [0, 0.1) is 0 Å². The van der Waals surface area contributed by atoms with Gasteiger partial charge in [0.25, 0.3) is 5.79 Å². The third kappa shape index (κ3) is 32.8. The lowest BCUT2D eigenvalue weighted by Crippen LogP contribution is -2.70. The molecule has 0 aromatic carbocycles. The van der Waals surface area contributed by atoms with Crippen LogP contribution in [0.5, 0.6) is 0 Å². The quantitative estimate of drug-likeness (QED) is 0.0299. The molecule has 0 aromatic rings. The maximum atomic E-state index is 13.6. The average Bonchev–Trinajstić information content (AvgIpc) is 0.773. The van der Waals surface area contributed by atoms with Crippen molar-refractivity contribution in [1.29, 1.82) is 0 Å². The first-order valence-electron chi connectivity index (χ1n) is 41.7. The van der Waals surface area contributed by atoms with Gasteiger partial charge in [0.15, 0.2) is 25.2 Å². The Morgan fingerprint density at radius 1 is 0.469 bits per heavy atom. The lowest BCUT2D eigenvalue weighted by atomic mass is 9.88. The number of unbranched alkanes of at least 4 members (excludes halogenated alkanes) is 28. The van der Waals surface area contributed by atoms with Gasteiger partial charge in [-0.3, -0.25) is 14.4 Å². The van der Waals surface area contributed by atoms with Gasteiger partial charge in [-0.05, 0) is 44.9 Å². The molecule has 0 spiro atoms. The molecule has 5 saturated heterocycles. The van der Waals surface area contributed by atoms with E-state index < -0.39 is 235 Å². The highest BCUT2D eigenvalue weighted by Gasteiger charge is 2.59. The van der Waals surface area contributed by atoms with Crippen molar-refractivity contribution in [3.8, 4) is 0 Å². The third-order valence-corrected chi connectivity index (χ3v) is 21.7. The Morgan fingerprint density at radius 2 is 0.903 bits per heavy atom. The Bertz CT molecular complexity index is 2660. The summed E-state index contributed by atoms with van der Waals surface area (Å²) >= 11 is 0. The number of rotatable bonds is 57. The number of hydrogen-bond donors (Lipinski definition) is 20. The van der Waals surface area contributed by atoms with Gasteiger partial charge >= 0.3 is 5.97 Å². The highest BCUT2D eigenvalue weighted by molar-refractivity contribution is 5.77. The summed E-state index contributed by atoms with van der Waals surface area (Å²) in [5.41, 5.74) is 0. The fourth-order valence-electron chi connectivity index (χ4n) is 15.0. The molecular weight excluding hydrogens is 1490 g/mol. The van der Waals surface area contributed by atoms with Crippen LogP contribution in [0.15, 0.2) is 24.3 Å². The van der Waals surface area contributed by atoms with Crippen LogP contribution < -0.4 is 16.0 Å². The summed E-state index contributed by atoms with van der Waals surface area (Å²) in [6.45, 7) is 0.725. The molecule has 34 nitrogen and oxygen atoms in total. The number of ether oxygens (including phenoxy) is 10. The summed E-state index contributed by atoms with van der Waals surface area (Å²) in [6, 6.07) is -4.54. The normalized spacial score (nSPS) is 33.5. The summed E-state index contributed by atoms with van der Waals surface area (Å²) in [7, 11) is 0. The van der Waals surface area contributed by atoms with E-state index in [0.717, 1.165) is 71.6 Å². The van der Waals surface area contributed by atoms with E-state index in [1.54, 1.807) is 6.08 Å². The zero-order valence-corrected chi connectivity index (χ0v) is 66.8. The fraction of sp³-hybridized carbons (Fsp3) is 0.899. The van der Waals surface area contributed by atoms with Crippen molar-refractivity contribution in [3.63, 3.8) is 0 Å². The summed E-state index contributed by atoms with van der Waals surface area (Å²) in [6.07, 6.45) is -4.64. The molecule has 5 aliphatic heterocycles. The second kappa shape index (κ2) is 54.5. The van der Waals surface area contributed by atoms with Crippen LogP contribution in [0.2, 0.25) is 0 Å². The first-order chi connectivity index (χ1) is 54.2. The molecule has 5 rings (SSSR count). The van der Waals surface area contributed by atoms with Crippen LogP contribution >= 0.6 is 0 Å². The maximum Gasteiger partial charge on any atom is 0.364 e. The molecule has 113 heavy (non-hydrogen) atoms. The Morgan fingerprint density at radius 3 is 1.41 bits per heavy atom. The Labute approximate surface area is 665 Å². The van der Waals surface area contributed by atoms with Gasteiger partial charge in [0.05, 0.1) is 63.9 Å². The van der Waals surface area contributed by atoms with E-state index in [-0.39, 0.29) is 12.3 Å². The van der Waals surface area contributed by atoms with E-state index in [0.29, 0.717) is 12.8 Å². The van der Waals surface area contributed by atoms with Crippen LogP contribution in [0.3, 0.4) is 0 Å². The molecule has 34 heteroatoms. The number of allylic oxidation sites excluding steroid dienone is 3. The van der Waals surface area contributed by atoms with Gasteiger partial charge in [-0.1, -0.05) is 192 Å². The minimum absolute atomic E-state index is 0.167. The van der Waals surface area contributed by atoms with Crippen LogP contribution in [0.25, 0.3) is 0 Å². The molecule has 10 unspecified atom stereocenters. The van der Waals surface area contributed by atoms with E-state index in [9.17, 15) is 106 Å². The number of carbonyl (C=O) groups excluding carboxylic acids is 3. The zero-order valence-electron chi connectivity index (χ0n) is 66.8. The molecule has 0 aliphatic carbocycles. The van der Waals surface area contributed by atoms with E-state index in [4.69, 9.17) is 47.4 Å². The van der Waals surface area contributed by atoms with E-state index >= 15 is 0 Å². The van der Waals surface area contributed by atoms with Crippen molar-refractivity contribution in [2.75, 3.05) is 39.6 Å². The molecule has 0 saturated carbocycles. The molecule has 658 valence electrons. The number of carboxylic acid groups (broad SMARTS) is 1. The largest absolute Gasteiger partial charge is 0.477 e. The molecule has 5 aliphatic rings. The Balaban J connectivity index is 1.22. The van der Waals surface area contributed by atoms with Gasteiger partial charge in [-0.15, -0.1) is 0 Å². The predicted molar refractivity (Wildman–Crippen MR) is 406 cm³/mol. The number of aliphatic hydroxyl groups is 16. The molecule has 3 amide bonds. The Hall–Kier alpha value is -3.68. The number of hydrogen-bond acceptors (Lipinski definition) is 30. The molecule has 0 bridgehead atoms. The van der Waals surface area contributed by atoms with E-state index in [1.807, 2.05) is 6.08 Å². The van der Waals surface area contributed by atoms with Crippen LogP contribution in [0.4, 0.5) is 0 Å². The standard InChI is InChI=1S/C79H141N3O31/c1-5-7-9-11-13-15-17-19-20-21-22-23-24-25-26-28-30-32-34-36-38-40-58(92)82-50(51(89)39-37-35-33-31-29-27-18-16-14-12-10-8-6-2)46-104-75-68(100)66(98)70(56(45-86)108-75)110-77-69(101)73(64(96)55(44-85)107-77)112-74-60(81-49(4)88)71(63(95)54(43-84)106-74)111-76-67(99)65(97)62(94)57(109-76)47-105-79(78(102)103)41-52(90)59(80-48(3)87)72(113-79)61(93)53(91)42-83/h19-20,37,39,50-57,59-77,83-86,89-91,93-101H,5-18,21-36,38,40-47H2,1-4H3,(H,80,87)(H,81,88)(H,82,92)(H,102,103)/b20-19-,39-37+/t50-,51+,52?,53+,54?,55?,56?,57?,59+,60?,61+,62-,63+,64-,65-,66+,67?,68?,69?,70+,71+,72?,73-,74-,75+,76-,77-,79+/m0/s1. The second-order valence-electron chi connectivity index (χ2n) is 31.1. The molecule has 28 atom stereocenters. The summed E-state index contributed by atoms with van der Waals surface area (Å²) in [4.78, 5) is 51.6. The zero-order chi connectivity index (χ0) is 83.0. The van der Waals surface area contributed by atoms with Gasteiger partial charge in [-0.2, -0.15) is 0 Å². The van der Waals surface area contributed by atoms with Crippen LogP contribution in [0.1, 0.15) is 240 Å². The van der Waals surface area contributed by atoms with Crippen LogP contribution in [-0.4, -0.2) is 321 Å². The lowest BCUT2D eigenvalue weighted by molar-refractivity contribution is -0.382. The number of aliphatic carboxylic acids is 1. The number of carboxylic acids is 1. The van der Waals surface area contributed by atoms with Gasteiger partial charge in [0.2, 0.25) is 17.7 Å². The summed E-state index contributed by atoms with van der Waals surface area (Å²) in [5.74, 6) is -7.01. The summed E-state index contributed by atoms with van der Waals surface area (Å²) < 4.78 is 58.8. The van der Waals surface area contributed by atoms with Crippen molar-refractivity contribution >= 4 is 23.7 Å². The number of amides is 3. The predicted octanol–water partition coefficient (Wildman–Crippen LogP) is 1.07. The topological polar surface area (TPSA) is 541 Å². The van der Waals surface area contributed by atoms with Gasteiger partial charge < -0.3 is 150 Å². The van der Waals surface area contributed by atoms with E-state index in [1.165, 1.54) is 128 Å². The highest BCUT2D eigenvalue weighted by atomic mass is 16.8. The molecule has 5 heterocycles. The molecule has 0 aromatic heterocycles. The average molecular weight is 1630 g/mol. The minimum atomic E-state index is -3.00. The van der Waals surface area contributed by atoms with Crippen molar-refractivity contribution in [2.45, 2.75) is 411 Å². The Kier molecular flexibility index (Phi) is 48.2.